The summed E-state index contributed by atoms with van der Waals surface area (Å²) in [6.07, 6.45) is 8.71. The van der Waals surface area contributed by atoms with E-state index in [4.69, 9.17) is 9.98 Å². The monoisotopic (exact) mass is 604 g/mol. The maximum Gasteiger partial charge on any atom is 0.0738 e. The van der Waals surface area contributed by atoms with Crippen molar-refractivity contribution in [2.45, 2.75) is 67.2 Å². The van der Waals surface area contributed by atoms with Crippen LogP contribution in [-0.4, -0.2) is 21.4 Å². The fraction of sp³-hybridized carbons (Fsp3) is 0.286. The van der Waals surface area contributed by atoms with Crippen molar-refractivity contribution in [2.75, 3.05) is 0 Å². The van der Waals surface area contributed by atoms with Gasteiger partial charge in [0.1, 0.15) is 0 Å². The maximum atomic E-state index is 5.39. The standard InChI is InChI=1S/C42H44N4/c1-25-9-13-27(14-10-25)37-29-17-18-30(43-29)38(28-15-11-26(2)12-16-28)32-20-22-34(45-32)40(42(6,7)8)36-24-23-35(46-36)39(41(3,4)5)33-21-19-31(37)44-33/h9-24,39-40,44,46H,1-8H3/b37-29-,38-32-. The highest BCUT2D eigenvalue weighted by molar-refractivity contribution is 6.32. The van der Waals surface area contributed by atoms with E-state index < -0.39 is 0 Å². The Labute approximate surface area is 273 Å². The number of nitrogens with zero attached hydrogens (tertiary/aromatic N) is 2. The quantitative estimate of drug-likeness (QED) is 0.229. The molecule has 4 aromatic rings. The van der Waals surface area contributed by atoms with Gasteiger partial charge in [-0.1, -0.05) is 101 Å². The average Bonchev–Trinajstić information content (AvgIpc) is 3.80. The van der Waals surface area contributed by atoms with Gasteiger partial charge >= 0.3 is 0 Å². The SMILES string of the molecule is Cc1ccc(/C2=C3\C=CC(=N3)C(C(C)(C)C)c3ccc([nH]3)C(C(C)(C)C)c3ccc([nH]3)/C(c3ccc(C)cc3)=C3/C=CC2=N3)cc1. The van der Waals surface area contributed by atoms with Gasteiger partial charge in [-0.25, -0.2) is 4.99 Å². The van der Waals surface area contributed by atoms with Crippen LogP contribution in [0.1, 0.15) is 98.4 Å². The molecule has 0 saturated carbocycles. The van der Waals surface area contributed by atoms with Gasteiger partial charge in [-0.15, -0.1) is 0 Å². The summed E-state index contributed by atoms with van der Waals surface area (Å²) >= 11 is 0. The van der Waals surface area contributed by atoms with E-state index >= 15 is 0 Å². The second-order valence-corrected chi connectivity index (χ2v) is 15.2. The Morgan fingerprint density at radius 1 is 0.500 bits per heavy atom. The van der Waals surface area contributed by atoms with E-state index in [1.807, 2.05) is 0 Å². The van der Waals surface area contributed by atoms with Gasteiger partial charge in [0.05, 0.1) is 22.8 Å². The minimum Gasteiger partial charge on any atom is -0.361 e. The minimum absolute atomic E-state index is 0.0354. The summed E-state index contributed by atoms with van der Waals surface area (Å²) in [5.41, 5.74) is 15.3. The first-order valence-electron chi connectivity index (χ1n) is 16.4. The number of allylic oxidation sites excluding steroid dienone is 5. The summed E-state index contributed by atoms with van der Waals surface area (Å²) in [7, 11) is 0. The third-order valence-corrected chi connectivity index (χ3v) is 9.42. The van der Waals surface area contributed by atoms with Crippen molar-refractivity contribution in [2.24, 2.45) is 20.8 Å². The molecule has 5 heterocycles. The highest BCUT2D eigenvalue weighted by atomic mass is 14.9. The van der Waals surface area contributed by atoms with E-state index in [0.717, 1.165) is 50.8 Å². The Bertz CT molecular complexity index is 2000. The first-order valence-corrected chi connectivity index (χ1v) is 16.4. The van der Waals surface area contributed by atoms with Crippen LogP contribution in [0.4, 0.5) is 0 Å². The first-order chi connectivity index (χ1) is 21.9. The Balaban J connectivity index is 1.54. The van der Waals surface area contributed by atoms with Crippen LogP contribution in [0.25, 0.3) is 11.1 Å². The lowest BCUT2D eigenvalue weighted by Crippen LogP contribution is -2.26. The Hall–Kier alpha value is -4.70. The van der Waals surface area contributed by atoms with E-state index in [-0.39, 0.29) is 22.7 Å². The predicted octanol–water partition coefficient (Wildman–Crippen LogP) is 10.5. The Morgan fingerprint density at radius 2 is 1.00 bits per heavy atom. The molecule has 2 N–H and O–H groups in total. The number of hydrogen-bond donors (Lipinski definition) is 2. The molecule has 3 aliphatic rings. The molecule has 0 saturated heterocycles. The second-order valence-electron chi connectivity index (χ2n) is 15.2. The van der Waals surface area contributed by atoms with Gasteiger partial charge in [0.25, 0.3) is 0 Å². The molecule has 0 aliphatic carbocycles. The van der Waals surface area contributed by atoms with Gasteiger partial charge in [0, 0.05) is 45.8 Å². The molecule has 2 unspecified atom stereocenters. The fourth-order valence-electron chi connectivity index (χ4n) is 7.29. The topological polar surface area (TPSA) is 56.3 Å². The first kappa shape index (κ1) is 30.0. The van der Waals surface area contributed by atoms with Crippen molar-refractivity contribution < 1.29 is 0 Å². The van der Waals surface area contributed by atoms with Crippen molar-refractivity contribution in [1.29, 1.82) is 0 Å². The summed E-state index contributed by atoms with van der Waals surface area (Å²) in [5.74, 6) is 0.224. The smallest absolute Gasteiger partial charge is 0.0738 e. The van der Waals surface area contributed by atoms with Crippen molar-refractivity contribution in [3.8, 4) is 0 Å². The van der Waals surface area contributed by atoms with Crippen molar-refractivity contribution >= 4 is 22.6 Å². The summed E-state index contributed by atoms with van der Waals surface area (Å²) in [6.45, 7) is 18.1. The summed E-state index contributed by atoms with van der Waals surface area (Å²) in [5, 5.41) is 0. The molecule has 3 aliphatic heterocycles. The number of aromatic nitrogens is 2. The van der Waals surface area contributed by atoms with E-state index in [9.17, 15) is 0 Å². The Kier molecular flexibility index (Phi) is 7.15. The van der Waals surface area contributed by atoms with Crippen LogP contribution in [0.15, 0.2) is 118 Å². The van der Waals surface area contributed by atoms with Gasteiger partial charge in [-0.2, -0.15) is 0 Å². The maximum absolute atomic E-state index is 5.39. The van der Waals surface area contributed by atoms with Crippen LogP contribution in [0, 0.1) is 24.7 Å². The number of fused-ring (bicyclic) bond motifs is 6. The number of aryl methyl sites for hydroxylation is 2. The molecular weight excluding hydrogens is 560 g/mol. The van der Waals surface area contributed by atoms with Crippen LogP contribution in [-0.2, 0) is 0 Å². The Morgan fingerprint density at radius 3 is 1.61 bits per heavy atom. The minimum atomic E-state index is -0.0589. The van der Waals surface area contributed by atoms with E-state index in [2.05, 4.69) is 162 Å². The van der Waals surface area contributed by atoms with Crippen LogP contribution in [0.5, 0.6) is 0 Å². The molecule has 2 aromatic heterocycles. The molecule has 8 bridgehead atoms. The number of H-pyrrole nitrogens is 2. The van der Waals surface area contributed by atoms with Crippen molar-refractivity contribution in [3.05, 3.63) is 154 Å². The second kappa shape index (κ2) is 11.0. The third-order valence-electron chi connectivity index (χ3n) is 9.42. The zero-order valence-corrected chi connectivity index (χ0v) is 28.3. The number of benzene rings is 2. The number of hydrogen-bond acceptors (Lipinski definition) is 2. The molecule has 46 heavy (non-hydrogen) atoms. The molecule has 4 nitrogen and oxygen atoms in total. The molecule has 4 heteroatoms. The zero-order valence-electron chi connectivity index (χ0n) is 28.3. The lowest BCUT2D eigenvalue weighted by atomic mass is 9.76. The molecule has 0 radical (unpaired) electrons. The summed E-state index contributed by atoms with van der Waals surface area (Å²) < 4.78 is 0. The van der Waals surface area contributed by atoms with Gasteiger partial charge in [-0.3, -0.25) is 4.99 Å². The molecule has 2 atom stereocenters. The number of nitrogens with one attached hydrogen (secondary N) is 2. The predicted molar refractivity (Wildman–Crippen MR) is 194 cm³/mol. The lowest BCUT2D eigenvalue weighted by molar-refractivity contribution is 0.347. The zero-order chi connectivity index (χ0) is 32.4. The number of aromatic amines is 2. The molecule has 0 fully saturated rings. The lowest BCUT2D eigenvalue weighted by Gasteiger charge is -2.31. The molecule has 7 rings (SSSR count). The molecular formula is C42H44N4. The van der Waals surface area contributed by atoms with Gasteiger partial charge < -0.3 is 9.97 Å². The van der Waals surface area contributed by atoms with Crippen LogP contribution < -0.4 is 0 Å². The molecule has 0 amide bonds. The van der Waals surface area contributed by atoms with Crippen molar-refractivity contribution in [3.63, 3.8) is 0 Å². The molecule has 0 spiro atoms. The molecule has 232 valence electrons. The molecule has 2 aromatic carbocycles. The average molecular weight is 605 g/mol. The van der Waals surface area contributed by atoms with E-state index in [1.54, 1.807) is 0 Å². The van der Waals surface area contributed by atoms with Crippen LogP contribution in [0.3, 0.4) is 0 Å². The van der Waals surface area contributed by atoms with Gasteiger partial charge in [0.15, 0.2) is 0 Å². The van der Waals surface area contributed by atoms with Gasteiger partial charge in [-0.05, 0) is 84.4 Å². The van der Waals surface area contributed by atoms with E-state index in [0.29, 0.717) is 0 Å². The fourth-order valence-corrected chi connectivity index (χ4v) is 7.29. The van der Waals surface area contributed by atoms with Crippen molar-refractivity contribution in [1.82, 2.24) is 9.97 Å². The third kappa shape index (κ3) is 5.40. The summed E-state index contributed by atoms with van der Waals surface area (Å²) in [4.78, 5) is 18.6. The van der Waals surface area contributed by atoms with Gasteiger partial charge in [0.2, 0.25) is 0 Å². The largest absolute Gasteiger partial charge is 0.361 e. The highest BCUT2D eigenvalue weighted by Gasteiger charge is 2.36. The summed E-state index contributed by atoms with van der Waals surface area (Å²) in [6, 6.07) is 26.5. The van der Waals surface area contributed by atoms with Crippen LogP contribution >= 0.6 is 0 Å². The van der Waals surface area contributed by atoms with Crippen LogP contribution in [0.2, 0.25) is 0 Å². The van der Waals surface area contributed by atoms with E-state index in [1.165, 1.54) is 28.2 Å². The normalized spacial score (nSPS) is 22.8. The highest BCUT2D eigenvalue weighted by Crippen LogP contribution is 2.45. The number of aliphatic imine (C=N–C) groups is 2. The number of rotatable bonds is 2.